The zero-order valence-electron chi connectivity index (χ0n) is 16.0. The van der Waals surface area contributed by atoms with E-state index in [9.17, 15) is 9.90 Å². The Hall–Kier alpha value is -1.49. The van der Waals surface area contributed by atoms with Crippen LogP contribution in [0.2, 0.25) is 0 Å². The fraction of sp³-hybridized carbons (Fsp3) is 0.435. The van der Waals surface area contributed by atoms with Crippen molar-refractivity contribution < 1.29 is 9.90 Å². The van der Waals surface area contributed by atoms with E-state index in [0.29, 0.717) is 11.8 Å². The van der Waals surface area contributed by atoms with Gasteiger partial charge in [-0.3, -0.25) is 4.79 Å². The van der Waals surface area contributed by atoms with Crippen molar-refractivity contribution in [2.24, 2.45) is 5.92 Å². The highest BCUT2D eigenvalue weighted by molar-refractivity contribution is 7.99. The fourth-order valence-corrected chi connectivity index (χ4v) is 5.83. The van der Waals surface area contributed by atoms with Crippen LogP contribution in [0.4, 0.5) is 0 Å². The van der Waals surface area contributed by atoms with Crippen LogP contribution in [0.1, 0.15) is 40.3 Å². The number of rotatable bonds is 5. The molecule has 0 amide bonds. The van der Waals surface area contributed by atoms with Crippen molar-refractivity contribution in [2.45, 2.75) is 30.9 Å². The number of carboxylic acid groups (broad SMARTS) is 1. The lowest BCUT2D eigenvalue weighted by Gasteiger charge is -2.31. The second-order valence-corrected chi connectivity index (χ2v) is 8.84. The van der Waals surface area contributed by atoms with Crippen LogP contribution in [0.15, 0.2) is 48.5 Å². The molecule has 1 saturated heterocycles. The zero-order valence-corrected chi connectivity index (χ0v) is 17.7. The molecule has 0 aromatic heterocycles. The molecule has 2 aromatic carbocycles. The van der Waals surface area contributed by atoms with E-state index >= 15 is 0 Å². The van der Waals surface area contributed by atoms with Gasteiger partial charge < -0.3 is 10.0 Å². The molecule has 0 radical (unpaired) electrons. The average molecular weight is 418 g/mol. The Bertz CT molecular complexity index is 765. The van der Waals surface area contributed by atoms with Gasteiger partial charge in [0, 0.05) is 18.8 Å². The molecule has 0 saturated carbocycles. The standard InChI is InChI=1S/C23H27NO2S.ClH/c25-23(26)19-8-5-13-24(16-19)14-15-27-22-20-9-3-1-6-17(20)11-12-18-7-2-4-10-21(18)22;/h1-4,6-7,9-10,19,22H,5,8,11-16H2,(H,25,26);1H. The highest BCUT2D eigenvalue weighted by atomic mass is 35.5. The number of aliphatic carboxylic acids is 1. The molecular weight excluding hydrogens is 390 g/mol. The Morgan fingerprint density at radius 3 is 2.25 bits per heavy atom. The molecule has 5 heteroatoms. The Kier molecular flexibility index (Phi) is 7.44. The van der Waals surface area contributed by atoms with E-state index in [1.807, 2.05) is 11.8 Å². The van der Waals surface area contributed by atoms with Crippen molar-refractivity contribution >= 4 is 30.1 Å². The maximum atomic E-state index is 11.3. The van der Waals surface area contributed by atoms with Crippen molar-refractivity contribution in [1.29, 1.82) is 0 Å². The molecule has 4 rings (SSSR count). The first-order chi connectivity index (χ1) is 13.2. The Balaban J connectivity index is 0.00000225. The van der Waals surface area contributed by atoms with Crippen LogP contribution in [0, 0.1) is 5.92 Å². The van der Waals surface area contributed by atoms with Crippen LogP contribution in [-0.2, 0) is 17.6 Å². The third-order valence-electron chi connectivity index (χ3n) is 5.89. The number of aryl methyl sites for hydroxylation is 2. The number of halogens is 1. The zero-order chi connectivity index (χ0) is 18.6. The van der Waals surface area contributed by atoms with Gasteiger partial charge in [0.15, 0.2) is 0 Å². The molecule has 1 atom stereocenters. The van der Waals surface area contributed by atoms with Gasteiger partial charge in [-0.2, -0.15) is 0 Å². The van der Waals surface area contributed by atoms with Gasteiger partial charge in [0.25, 0.3) is 0 Å². The maximum Gasteiger partial charge on any atom is 0.307 e. The summed E-state index contributed by atoms with van der Waals surface area (Å²) >= 11 is 2.01. The number of nitrogens with zero attached hydrogens (tertiary/aromatic N) is 1. The molecule has 1 unspecified atom stereocenters. The first kappa shape index (κ1) is 21.2. The van der Waals surface area contributed by atoms with E-state index in [4.69, 9.17) is 0 Å². The Labute approximate surface area is 177 Å². The van der Waals surface area contributed by atoms with Gasteiger partial charge in [0.1, 0.15) is 0 Å². The summed E-state index contributed by atoms with van der Waals surface area (Å²) in [6, 6.07) is 17.7. The maximum absolute atomic E-state index is 11.3. The molecule has 1 aliphatic heterocycles. The van der Waals surface area contributed by atoms with Crippen molar-refractivity contribution in [3.63, 3.8) is 0 Å². The van der Waals surface area contributed by atoms with Crippen molar-refractivity contribution in [3.05, 3.63) is 70.8 Å². The van der Waals surface area contributed by atoms with Gasteiger partial charge in [-0.25, -0.2) is 0 Å². The number of carbonyl (C=O) groups is 1. The van der Waals surface area contributed by atoms with Gasteiger partial charge in [-0.1, -0.05) is 48.5 Å². The smallest absolute Gasteiger partial charge is 0.307 e. The first-order valence-electron chi connectivity index (χ1n) is 9.95. The number of piperidine rings is 1. The minimum Gasteiger partial charge on any atom is -0.481 e. The third-order valence-corrected chi connectivity index (χ3v) is 7.15. The second kappa shape index (κ2) is 9.82. The summed E-state index contributed by atoms with van der Waals surface area (Å²) in [5.74, 6) is 0.196. The molecule has 28 heavy (non-hydrogen) atoms. The molecule has 1 heterocycles. The van der Waals surface area contributed by atoms with E-state index in [-0.39, 0.29) is 18.3 Å². The topological polar surface area (TPSA) is 40.5 Å². The molecule has 150 valence electrons. The second-order valence-electron chi connectivity index (χ2n) is 7.63. The molecular formula is C23H28ClNO2S. The lowest BCUT2D eigenvalue weighted by molar-refractivity contribution is -0.143. The van der Waals surface area contributed by atoms with Crippen LogP contribution < -0.4 is 0 Å². The largest absolute Gasteiger partial charge is 0.481 e. The lowest BCUT2D eigenvalue weighted by Crippen LogP contribution is -2.39. The van der Waals surface area contributed by atoms with Gasteiger partial charge in [-0.05, 0) is 54.5 Å². The molecule has 2 aliphatic rings. The van der Waals surface area contributed by atoms with Crippen LogP contribution in [0.3, 0.4) is 0 Å². The normalized spacial score (nSPS) is 19.8. The van der Waals surface area contributed by atoms with E-state index < -0.39 is 5.97 Å². The lowest BCUT2D eigenvalue weighted by atomic mass is 9.98. The highest BCUT2D eigenvalue weighted by Gasteiger charge is 2.26. The van der Waals surface area contributed by atoms with E-state index in [2.05, 4.69) is 53.4 Å². The molecule has 2 aromatic rings. The van der Waals surface area contributed by atoms with Crippen LogP contribution in [-0.4, -0.2) is 41.4 Å². The van der Waals surface area contributed by atoms with E-state index in [1.165, 1.54) is 22.3 Å². The van der Waals surface area contributed by atoms with Gasteiger partial charge in [0.2, 0.25) is 0 Å². The third kappa shape index (κ3) is 4.73. The minimum absolute atomic E-state index is 0. The molecule has 1 fully saturated rings. The van der Waals surface area contributed by atoms with Gasteiger partial charge >= 0.3 is 5.97 Å². The first-order valence-corrected chi connectivity index (χ1v) is 11.0. The predicted octanol–water partition coefficient (Wildman–Crippen LogP) is 4.83. The summed E-state index contributed by atoms with van der Waals surface area (Å²) in [6.07, 6.45) is 4.03. The molecule has 0 spiro atoms. The Morgan fingerprint density at radius 1 is 1.04 bits per heavy atom. The molecule has 0 bridgehead atoms. The number of fused-ring (bicyclic) bond motifs is 2. The molecule has 1 N–H and O–H groups in total. The predicted molar refractivity (Wildman–Crippen MR) is 119 cm³/mol. The summed E-state index contributed by atoms with van der Waals surface area (Å²) < 4.78 is 0. The number of likely N-dealkylation sites (tertiary alicyclic amines) is 1. The number of benzene rings is 2. The van der Waals surface area contributed by atoms with Crippen LogP contribution in [0.25, 0.3) is 0 Å². The summed E-state index contributed by atoms with van der Waals surface area (Å²) in [6.45, 7) is 2.70. The summed E-state index contributed by atoms with van der Waals surface area (Å²) in [4.78, 5) is 13.6. The van der Waals surface area contributed by atoms with Crippen molar-refractivity contribution in [1.82, 2.24) is 4.90 Å². The number of thioether (sulfide) groups is 1. The molecule has 1 aliphatic carbocycles. The van der Waals surface area contributed by atoms with Crippen molar-refractivity contribution in [2.75, 3.05) is 25.4 Å². The average Bonchev–Trinajstić information content (AvgIpc) is 2.86. The summed E-state index contributed by atoms with van der Waals surface area (Å²) in [7, 11) is 0. The monoisotopic (exact) mass is 417 g/mol. The minimum atomic E-state index is -0.640. The quantitative estimate of drug-likeness (QED) is 0.756. The fourth-order valence-electron chi connectivity index (χ4n) is 4.41. The van der Waals surface area contributed by atoms with Gasteiger partial charge in [0.05, 0.1) is 11.2 Å². The van der Waals surface area contributed by atoms with Crippen LogP contribution in [0.5, 0.6) is 0 Å². The summed E-state index contributed by atoms with van der Waals surface area (Å²) in [5.41, 5.74) is 5.84. The van der Waals surface area contributed by atoms with E-state index in [1.54, 1.807) is 0 Å². The van der Waals surface area contributed by atoms with Crippen LogP contribution >= 0.6 is 24.2 Å². The Morgan fingerprint density at radius 2 is 1.64 bits per heavy atom. The number of hydrogen-bond donors (Lipinski definition) is 1. The number of hydrogen-bond acceptors (Lipinski definition) is 3. The highest BCUT2D eigenvalue weighted by Crippen LogP contribution is 2.41. The van der Waals surface area contributed by atoms with Crippen molar-refractivity contribution in [3.8, 4) is 0 Å². The van der Waals surface area contributed by atoms with E-state index in [0.717, 1.165) is 44.5 Å². The summed E-state index contributed by atoms with van der Waals surface area (Å²) in [5, 5.41) is 9.68. The SMILES string of the molecule is Cl.O=C(O)C1CCCN(CCSC2c3ccccc3CCc3ccccc32)C1. The van der Waals surface area contributed by atoms with Gasteiger partial charge in [-0.15, -0.1) is 24.2 Å². The number of carboxylic acids is 1. The molecule has 3 nitrogen and oxygen atoms in total.